The van der Waals surface area contributed by atoms with Crippen molar-refractivity contribution in [1.29, 1.82) is 0 Å². The first-order valence-electron chi connectivity index (χ1n) is 9.10. The molecule has 3 nitrogen and oxygen atoms in total. The molecule has 1 heterocycles. The molecule has 0 bridgehead atoms. The Bertz CT molecular complexity index is 1220. The molecule has 8 heteroatoms. The Balaban J connectivity index is 1.72. The van der Waals surface area contributed by atoms with Gasteiger partial charge in [0.05, 0.1) is 11.2 Å². The molecular weight excluding hydrogens is 417 g/mol. The molecule has 0 aliphatic heterocycles. The van der Waals surface area contributed by atoms with Crippen LogP contribution in [0.25, 0.3) is 33.3 Å². The van der Waals surface area contributed by atoms with E-state index >= 15 is 0 Å². The molecule has 0 radical (unpaired) electrons. The number of pyridine rings is 1. The van der Waals surface area contributed by atoms with E-state index < -0.39 is 13.0 Å². The molecule has 0 aliphatic rings. The van der Waals surface area contributed by atoms with Gasteiger partial charge in [-0.1, -0.05) is 42.5 Å². The van der Waals surface area contributed by atoms with E-state index in [-0.39, 0.29) is 11.5 Å². The summed E-state index contributed by atoms with van der Waals surface area (Å²) in [6.07, 6.45) is -4.78. The molecule has 1 aromatic heterocycles. The van der Waals surface area contributed by atoms with Gasteiger partial charge in [0.1, 0.15) is 11.5 Å². The Labute approximate surface area is 173 Å². The molecule has 0 saturated carbocycles. The number of rotatable bonds is 5. The molecule has 0 aliphatic carbocycles. The second-order valence-electron chi connectivity index (χ2n) is 6.55. The topological polar surface area (TPSA) is 31.4 Å². The Morgan fingerprint density at radius 2 is 1.42 bits per heavy atom. The van der Waals surface area contributed by atoms with E-state index in [4.69, 9.17) is 0 Å². The lowest BCUT2D eigenvalue weighted by Crippen LogP contribution is -2.17. The number of alkyl halides is 5. The lowest BCUT2D eigenvalue weighted by atomic mass is 9.99. The minimum atomic E-state index is -4.78. The molecule has 0 unspecified atom stereocenters. The van der Waals surface area contributed by atoms with Gasteiger partial charge in [-0.25, -0.2) is 4.98 Å². The Morgan fingerprint density at radius 3 is 2.16 bits per heavy atom. The second-order valence-corrected chi connectivity index (χ2v) is 6.55. The molecule has 158 valence electrons. The fourth-order valence-electron chi connectivity index (χ4n) is 3.26. The van der Waals surface area contributed by atoms with Crippen LogP contribution in [-0.2, 0) is 0 Å². The number of hydrogen-bond acceptors (Lipinski definition) is 3. The highest BCUT2D eigenvalue weighted by Gasteiger charge is 2.31. The van der Waals surface area contributed by atoms with E-state index in [1.54, 1.807) is 48.5 Å². The third-order valence-corrected chi connectivity index (χ3v) is 4.47. The standard InChI is InChI=1S/C23H14F5NO2/c24-22(25)30-16-6-2-5-15(13-16)20-11-10-19-18(8-3-9-21(19)29-20)14-4-1-7-17(12-14)31-23(26,27)28/h1-13,22H. The number of benzene rings is 3. The highest BCUT2D eigenvalue weighted by Crippen LogP contribution is 2.33. The molecule has 0 amide bonds. The number of hydrogen-bond donors (Lipinski definition) is 0. The summed E-state index contributed by atoms with van der Waals surface area (Å²) in [4.78, 5) is 4.58. The van der Waals surface area contributed by atoms with Crippen LogP contribution >= 0.6 is 0 Å². The van der Waals surface area contributed by atoms with Crippen molar-refractivity contribution < 1.29 is 31.4 Å². The van der Waals surface area contributed by atoms with Gasteiger partial charge in [0.15, 0.2) is 0 Å². The number of halogens is 5. The largest absolute Gasteiger partial charge is 0.573 e. The minimum absolute atomic E-state index is 0.0182. The summed E-state index contributed by atoms with van der Waals surface area (Å²) in [5.74, 6) is -0.299. The maximum Gasteiger partial charge on any atom is 0.573 e. The highest BCUT2D eigenvalue weighted by atomic mass is 19.4. The van der Waals surface area contributed by atoms with E-state index in [0.29, 0.717) is 27.9 Å². The fourth-order valence-corrected chi connectivity index (χ4v) is 3.26. The van der Waals surface area contributed by atoms with Crippen molar-refractivity contribution in [1.82, 2.24) is 4.98 Å². The first kappa shape index (κ1) is 20.6. The summed E-state index contributed by atoms with van der Waals surface area (Å²) in [6.45, 7) is -2.93. The number of ether oxygens (including phenoxy) is 2. The highest BCUT2D eigenvalue weighted by molar-refractivity contribution is 5.95. The van der Waals surface area contributed by atoms with E-state index in [1.807, 2.05) is 0 Å². The zero-order valence-corrected chi connectivity index (χ0v) is 15.7. The van der Waals surface area contributed by atoms with E-state index in [0.717, 1.165) is 5.39 Å². The lowest BCUT2D eigenvalue weighted by molar-refractivity contribution is -0.274. The zero-order chi connectivity index (χ0) is 22.0. The first-order chi connectivity index (χ1) is 14.8. The summed E-state index contributed by atoms with van der Waals surface area (Å²) in [5.41, 5.74) is 2.94. The molecule has 0 spiro atoms. The monoisotopic (exact) mass is 431 g/mol. The van der Waals surface area contributed by atoms with Gasteiger partial charge in [0.25, 0.3) is 0 Å². The van der Waals surface area contributed by atoms with Gasteiger partial charge in [-0.2, -0.15) is 8.78 Å². The normalized spacial score (nSPS) is 11.7. The quantitative estimate of drug-likeness (QED) is 0.317. The van der Waals surface area contributed by atoms with Crippen LogP contribution in [0.15, 0.2) is 78.9 Å². The van der Waals surface area contributed by atoms with E-state index in [9.17, 15) is 22.0 Å². The van der Waals surface area contributed by atoms with Crippen LogP contribution in [0.1, 0.15) is 0 Å². The van der Waals surface area contributed by atoms with Crippen LogP contribution in [-0.4, -0.2) is 18.0 Å². The molecule has 4 aromatic rings. The van der Waals surface area contributed by atoms with Crippen LogP contribution in [0.3, 0.4) is 0 Å². The van der Waals surface area contributed by atoms with Crippen molar-refractivity contribution in [3.8, 4) is 33.9 Å². The van der Waals surface area contributed by atoms with Gasteiger partial charge in [-0.3, -0.25) is 0 Å². The number of aromatic nitrogens is 1. The van der Waals surface area contributed by atoms with Gasteiger partial charge >= 0.3 is 13.0 Å². The maximum atomic E-state index is 12.5. The van der Waals surface area contributed by atoms with Gasteiger partial charge in [-0.15, -0.1) is 13.2 Å². The molecule has 0 fully saturated rings. The molecule has 0 N–H and O–H groups in total. The summed E-state index contributed by atoms with van der Waals surface area (Å²) >= 11 is 0. The number of fused-ring (bicyclic) bond motifs is 1. The van der Waals surface area contributed by atoms with Crippen molar-refractivity contribution in [2.24, 2.45) is 0 Å². The Kier molecular flexibility index (Phi) is 5.46. The molecule has 3 aromatic carbocycles. The van der Waals surface area contributed by atoms with Crippen LogP contribution in [0.2, 0.25) is 0 Å². The number of nitrogens with zero attached hydrogens (tertiary/aromatic N) is 1. The van der Waals surface area contributed by atoms with Crippen LogP contribution in [0.5, 0.6) is 11.5 Å². The molecule has 31 heavy (non-hydrogen) atoms. The average Bonchev–Trinajstić information content (AvgIpc) is 2.71. The third kappa shape index (κ3) is 4.91. The summed E-state index contributed by atoms with van der Waals surface area (Å²) in [7, 11) is 0. The van der Waals surface area contributed by atoms with Crippen molar-refractivity contribution >= 4 is 10.9 Å². The van der Waals surface area contributed by atoms with Gasteiger partial charge < -0.3 is 9.47 Å². The summed E-state index contributed by atoms with van der Waals surface area (Å²) in [6, 6.07) is 20.6. The average molecular weight is 431 g/mol. The first-order valence-corrected chi connectivity index (χ1v) is 9.10. The second kappa shape index (κ2) is 8.22. The molecule has 0 atom stereocenters. The van der Waals surface area contributed by atoms with Gasteiger partial charge in [0.2, 0.25) is 0 Å². The summed E-state index contributed by atoms with van der Waals surface area (Å²) < 4.78 is 71.1. The van der Waals surface area contributed by atoms with Gasteiger partial charge in [0, 0.05) is 10.9 Å². The van der Waals surface area contributed by atoms with Crippen LogP contribution in [0.4, 0.5) is 22.0 Å². The zero-order valence-electron chi connectivity index (χ0n) is 15.7. The van der Waals surface area contributed by atoms with E-state index in [1.165, 1.54) is 30.3 Å². The SMILES string of the molecule is FC(F)Oc1cccc(-c2ccc3c(-c4cccc(OC(F)(F)F)c4)cccc3n2)c1. The predicted octanol–water partition coefficient (Wildman–Crippen LogP) is 7.07. The smallest absolute Gasteiger partial charge is 0.435 e. The molecular formula is C23H14F5NO2. The Hall–Kier alpha value is -3.68. The maximum absolute atomic E-state index is 12.5. The van der Waals surface area contributed by atoms with Crippen molar-refractivity contribution in [2.45, 2.75) is 13.0 Å². The third-order valence-electron chi connectivity index (χ3n) is 4.47. The summed E-state index contributed by atoms with van der Waals surface area (Å²) in [5, 5.41) is 0.718. The van der Waals surface area contributed by atoms with Crippen molar-refractivity contribution in [2.75, 3.05) is 0 Å². The Morgan fingerprint density at radius 1 is 0.742 bits per heavy atom. The minimum Gasteiger partial charge on any atom is -0.435 e. The van der Waals surface area contributed by atoms with Crippen LogP contribution < -0.4 is 9.47 Å². The molecule has 0 saturated heterocycles. The molecule has 4 rings (SSSR count). The fraction of sp³-hybridized carbons (Fsp3) is 0.0870. The van der Waals surface area contributed by atoms with Gasteiger partial charge in [-0.05, 0) is 47.5 Å². The van der Waals surface area contributed by atoms with Crippen molar-refractivity contribution in [3.05, 3.63) is 78.9 Å². The van der Waals surface area contributed by atoms with E-state index in [2.05, 4.69) is 14.5 Å². The van der Waals surface area contributed by atoms with Crippen LogP contribution in [0, 0.1) is 0 Å². The van der Waals surface area contributed by atoms with Crippen molar-refractivity contribution in [3.63, 3.8) is 0 Å². The predicted molar refractivity (Wildman–Crippen MR) is 106 cm³/mol. The lowest BCUT2D eigenvalue weighted by Gasteiger charge is -2.12.